The molecule has 0 unspecified atom stereocenters. The van der Waals surface area contributed by atoms with Crippen LogP contribution in [0.5, 0.6) is 0 Å². The number of hydrogen-bond acceptors (Lipinski definition) is 2. The minimum absolute atomic E-state index is 0.670. The van der Waals surface area contributed by atoms with E-state index in [9.17, 15) is 0 Å². The summed E-state index contributed by atoms with van der Waals surface area (Å²) in [7, 11) is 2.27. The van der Waals surface area contributed by atoms with Gasteiger partial charge in [0.15, 0.2) is 0 Å². The SMILES string of the molecule is CN1CCCC[C@H]1Cn1cnc(-c2ccccc2)c1C1CC1. The van der Waals surface area contributed by atoms with Gasteiger partial charge in [0.2, 0.25) is 0 Å². The molecule has 3 nitrogen and oxygen atoms in total. The highest BCUT2D eigenvalue weighted by molar-refractivity contribution is 5.63. The Balaban J connectivity index is 1.64. The molecular weight excluding hydrogens is 270 g/mol. The Labute approximate surface area is 133 Å². The molecule has 0 spiro atoms. The van der Waals surface area contributed by atoms with Crippen LogP contribution in [0.25, 0.3) is 11.3 Å². The second-order valence-corrected chi connectivity index (χ2v) is 6.90. The lowest BCUT2D eigenvalue weighted by Crippen LogP contribution is -2.39. The quantitative estimate of drug-likeness (QED) is 0.852. The largest absolute Gasteiger partial charge is 0.332 e. The van der Waals surface area contributed by atoms with Gasteiger partial charge in [-0.05, 0) is 39.3 Å². The molecule has 2 aromatic rings. The minimum Gasteiger partial charge on any atom is -0.332 e. The Bertz CT molecular complexity index is 627. The van der Waals surface area contributed by atoms with Crippen LogP contribution < -0.4 is 0 Å². The molecule has 1 atom stereocenters. The molecule has 2 aliphatic rings. The number of piperidine rings is 1. The van der Waals surface area contributed by atoms with Gasteiger partial charge < -0.3 is 9.47 Å². The van der Waals surface area contributed by atoms with E-state index in [1.807, 2.05) is 0 Å². The van der Waals surface area contributed by atoms with Gasteiger partial charge in [-0.25, -0.2) is 4.98 Å². The first-order valence-electron chi connectivity index (χ1n) is 8.63. The molecule has 116 valence electrons. The zero-order chi connectivity index (χ0) is 14.9. The third-order valence-corrected chi connectivity index (χ3v) is 5.22. The third kappa shape index (κ3) is 2.70. The predicted molar refractivity (Wildman–Crippen MR) is 89.9 cm³/mol. The number of hydrogen-bond donors (Lipinski definition) is 0. The van der Waals surface area contributed by atoms with E-state index in [4.69, 9.17) is 4.98 Å². The average Bonchev–Trinajstić information content (AvgIpc) is 3.31. The monoisotopic (exact) mass is 295 g/mol. The van der Waals surface area contributed by atoms with Crippen LogP contribution in [0.2, 0.25) is 0 Å². The molecule has 4 rings (SSSR count). The van der Waals surface area contributed by atoms with Crippen LogP contribution in [-0.2, 0) is 6.54 Å². The summed E-state index contributed by atoms with van der Waals surface area (Å²) in [5, 5.41) is 0. The van der Waals surface area contributed by atoms with E-state index in [1.54, 1.807) is 0 Å². The lowest BCUT2D eigenvalue weighted by Gasteiger charge is -2.33. The summed E-state index contributed by atoms with van der Waals surface area (Å²) in [6, 6.07) is 11.3. The van der Waals surface area contributed by atoms with Gasteiger partial charge in [0.25, 0.3) is 0 Å². The van der Waals surface area contributed by atoms with Gasteiger partial charge in [-0.15, -0.1) is 0 Å². The third-order valence-electron chi connectivity index (χ3n) is 5.22. The first-order chi connectivity index (χ1) is 10.8. The fourth-order valence-electron chi connectivity index (χ4n) is 3.74. The van der Waals surface area contributed by atoms with Gasteiger partial charge in [0.1, 0.15) is 0 Å². The van der Waals surface area contributed by atoms with Gasteiger partial charge in [-0.3, -0.25) is 0 Å². The maximum Gasteiger partial charge on any atom is 0.0956 e. The lowest BCUT2D eigenvalue weighted by molar-refractivity contribution is 0.166. The number of imidazole rings is 1. The van der Waals surface area contributed by atoms with E-state index in [0.717, 1.165) is 12.5 Å². The average molecular weight is 295 g/mol. The van der Waals surface area contributed by atoms with Crippen molar-refractivity contribution in [2.45, 2.75) is 50.6 Å². The van der Waals surface area contributed by atoms with Crippen molar-refractivity contribution in [1.82, 2.24) is 14.5 Å². The smallest absolute Gasteiger partial charge is 0.0956 e. The molecule has 1 saturated heterocycles. The van der Waals surface area contributed by atoms with Crippen molar-refractivity contribution in [3.8, 4) is 11.3 Å². The van der Waals surface area contributed by atoms with E-state index in [-0.39, 0.29) is 0 Å². The van der Waals surface area contributed by atoms with E-state index < -0.39 is 0 Å². The second kappa shape index (κ2) is 5.88. The summed E-state index contributed by atoms with van der Waals surface area (Å²) in [6.45, 7) is 2.34. The summed E-state index contributed by atoms with van der Waals surface area (Å²) in [6.07, 6.45) is 8.77. The van der Waals surface area contributed by atoms with Crippen LogP contribution >= 0.6 is 0 Å². The standard InChI is InChI=1S/C19H25N3/c1-21-12-6-5-9-17(21)13-22-14-20-18(19(22)16-10-11-16)15-7-3-2-4-8-15/h2-4,7-8,14,16-17H,5-6,9-13H2,1H3/t17-/m0/s1. The molecule has 1 aliphatic carbocycles. The predicted octanol–water partition coefficient (Wildman–Crippen LogP) is 3.91. The maximum atomic E-state index is 4.78. The molecule has 0 amide bonds. The number of benzene rings is 1. The molecule has 3 heteroatoms. The molecule has 0 bridgehead atoms. The summed E-state index contributed by atoms with van der Waals surface area (Å²) >= 11 is 0. The van der Waals surface area contributed by atoms with Gasteiger partial charge in [0.05, 0.1) is 12.0 Å². The molecule has 2 fully saturated rings. The van der Waals surface area contributed by atoms with Crippen molar-refractivity contribution in [3.05, 3.63) is 42.4 Å². The second-order valence-electron chi connectivity index (χ2n) is 6.90. The van der Waals surface area contributed by atoms with Crippen molar-refractivity contribution in [2.24, 2.45) is 0 Å². The molecular formula is C19H25N3. The summed E-state index contributed by atoms with van der Waals surface area (Å²) in [4.78, 5) is 7.31. The topological polar surface area (TPSA) is 21.1 Å². The Morgan fingerprint density at radius 2 is 1.91 bits per heavy atom. The summed E-state index contributed by atoms with van der Waals surface area (Å²) in [5.74, 6) is 0.728. The highest BCUT2D eigenvalue weighted by Crippen LogP contribution is 2.44. The van der Waals surface area contributed by atoms with Crippen LogP contribution in [0.3, 0.4) is 0 Å². The Morgan fingerprint density at radius 3 is 2.64 bits per heavy atom. The van der Waals surface area contributed by atoms with Gasteiger partial charge >= 0.3 is 0 Å². The van der Waals surface area contributed by atoms with E-state index in [0.29, 0.717) is 6.04 Å². The number of likely N-dealkylation sites (N-methyl/N-ethyl adjacent to an activating group) is 1. The van der Waals surface area contributed by atoms with Crippen molar-refractivity contribution < 1.29 is 0 Å². The Kier molecular flexibility index (Phi) is 3.75. The highest BCUT2D eigenvalue weighted by atomic mass is 15.2. The Morgan fingerprint density at radius 1 is 1.09 bits per heavy atom. The van der Waals surface area contributed by atoms with Crippen LogP contribution in [0.15, 0.2) is 36.7 Å². The maximum absolute atomic E-state index is 4.78. The molecule has 2 heterocycles. The van der Waals surface area contributed by atoms with Crippen molar-refractivity contribution >= 4 is 0 Å². The first-order valence-corrected chi connectivity index (χ1v) is 8.63. The van der Waals surface area contributed by atoms with Crippen molar-refractivity contribution in [2.75, 3.05) is 13.6 Å². The molecule has 1 aromatic heterocycles. The molecule has 1 aliphatic heterocycles. The van der Waals surface area contributed by atoms with Crippen LogP contribution in [-0.4, -0.2) is 34.1 Å². The van der Waals surface area contributed by atoms with Crippen LogP contribution in [0, 0.1) is 0 Å². The number of rotatable bonds is 4. The van der Waals surface area contributed by atoms with E-state index >= 15 is 0 Å². The highest BCUT2D eigenvalue weighted by Gasteiger charge is 2.31. The van der Waals surface area contributed by atoms with Crippen molar-refractivity contribution in [3.63, 3.8) is 0 Å². The molecule has 1 saturated carbocycles. The summed E-state index contributed by atoms with van der Waals surface area (Å²) in [5.41, 5.74) is 3.95. The summed E-state index contributed by atoms with van der Waals surface area (Å²) < 4.78 is 2.45. The van der Waals surface area contributed by atoms with Crippen molar-refractivity contribution in [1.29, 1.82) is 0 Å². The van der Waals surface area contributed by atoms with Gasteiger partial charge in [0, 0.05) is 29.8 Å². The molecule has 1 aromatic carbocycles. The number of aromatic nitrogens is 2. The van der Waals surface area contributed by atoms with Crippen LogP contribution in [0.4, 0.5) is 0 Å². The molecule has 0 radical (unpaired) electrons. The van der Waals surface area contributed by atoms with Crippen LogP contribution in [0.1, 0.15) is 43.7 Å². The molecule has 0 N–H and O–H groups in total. The van der Waals surface area contributed by atoms with Gasteiger partial charge in [-0.2, -0.15) is 0 Å². The first kappa shape index (κ1) is 14.0. The normalized spacial score (nSPS) is 22.9. The zero-order valence-electron chi connectivity index (χ0n) is 13.4. The van der Waals surface area contributed by atoms with E-state index in [1.165, 1.54) is 55.6 Å². The lowest BCUT2D eigenvalue weighted by atomic mass is 10.0. The fraction of sp³-hybridized carbons (Fsp3) is 0.526. The minimum atomic E-state index is 0.670. The molecule has 22 heavy (non-hydrogen) atoms. The fourth-order valence-corrected chi connectivity index (χ4v) is 3.74. The number of nitrogens with zero attached hydrogens (tertiary/aromatic N) is 3. The number of likely N-dealkylation sites (tertiary alicyclic amines) is 1. The van der Waals surface area contributed by atoms with E-state index in [2.05, 4.69) is 53.2 Å². The Hall–Kier alpha value is -1.61. The van der Waals surface area contributed by atoms with Gasteiger partial charge in [-0.1, -0.05) is 36.8 Å². The zero-order valence-corrected chi connectivity index (χ0v) is 13.4.